The number of piperazine rings is 1. The molecule has 1 fully saturated rings. The zero-order valence-electron chi connectivity index (χ0n) is 21.3. The number of hydrogen-bond donors (Lipinski definition) is 4. The number of rotatable bonds is 10. The first-order valence-electron chi connectivity index (χ1n) is 11.7. The van der Waals surface area contributed by atoms with Crippen LogP contribution in [0.2, 0.25) is 0 Å². The number of anilines is 2. The van der Waals surface area contributed by atoms with E-state index in [2.05, 4.69) is 10.0 Å². The molecule has 0 bridgehead atoms. The molecule has 0 saturated carbocycles. The number of ether oxygens (including phenoxy) is 1. The molecule has 0 atom stereocenters. The number of amides is 1. The summed E-state index contributed by atoms with van der Waals surface area (Å²) in [7, 11) is -2.34. The normalized spacial score (nSPS) is 14.1. The number of nitrogens with one attached hydrogen (secondary N) is 2. The Morgan fingerprint density at radius 1 is 1.00 bits per heavy atom. The number of aliphatic carboxylic acids is 1. The molecule has 1 aliphatic rings. The minimum atomic E-state index is -5.08. The molecule has 1 heterocycles. The van der Waals surface area contributed by atoms with Crippen molar-refractivity contribution in [1.29, 1.82) is 0 Å². The topological polar surface area (TPSA) is 166 Å². The molecule has 3 rings (SSSR count). The van der Waals surface area contributed by atoms with Gasteiger partial charge in [0.15, 0.2) is 0 Å². The van der Waals surface area contributed by atoms with E-state index in [0.29, 0.717) is 45.0 Å². The molecule has 4 N–H and O–H groups in total. The monoisotopic (exact) mass is 590 g/mol. The second-order valence-corrected chi connectivity index (χ2v) is 10.0. The summed E-state index contributed by atoms with van der Waals surface area (Å²) in [5.74, 6) is -4.05. The fraction of sp³-hybridized carbons (Fsp3) is 0.375. The average molecular weight is 591 g/mol. The highest BCUT2D eigenvalue weighted by Crippen LogP contribution is 2.26. The summed E-state index contributed by atoms with van der Waals surface area (Å²) in [5.41, 5.74) is 0.549. The smallest absolute Gasteiger partial charge is 0.478 e. The lowest BCUT2D eigenvalue weighted by molar-refractivity contribution is -0.192. The van der Waals surface area contributed by atoms with E-state index in [1.165, 1.54) is 24.3 Å². The summed E-state index contributed by atoms with van der Waals surface area (Å²) in [6, 6.07) is 12.4. The summed E-state index contributed by atoms with van der Waals surface area (Å²) in [5, 5.41) is 19.6. The van der Waals surface area contributed by atoms with Gasteiger partial charge in [-0.25, -0.2) is 18.0 Å². The zero-order valence-corrected chi connectivity index (χ0v) is 22.2. The van der Waals surface area contributed by atoms with Gasteiger partial charge >= 0.3 is 18.1 Å². The number of aromatic carboxylic acids is 1. The second kappa shape index (κ2) is 14.5. The number of alkyl halides is 3. The number of carboxylic acids is 2. The number of halogens is 3. The quantitative estimate of drug-likeness (QED) is 0.299. The second-order valence-electron chi connectivity index (χ2n) is 8.36. The Balaban J connectivity index is 0.000000708. The first-order chi connectivity index (χ1) is 18.7. The third kappa shape index (κ3) is 10.0. The van der Waals surface area contributed by atoms with Gasteiger partial charge < -0.3 is 25.2 Å². The van der Waals surface area contributed by atoms with Gasteiger partial charge in [0, 0.05) is 45.5 Å². The van der Waals surface area contributed by atoms with E-state index in [9.17, 15) is 36.3 Å². The summed E-state index contributed by atoms with van der Waals surface area (Å²) in [4.78, 5) is 36.8. The van der Waals surface area contributed by atoms with Crippen molar-refractivity contribution >= 4 is 39.2 Å². The maximum absolute atomic E-state index is 12.6. The van der Waals surface area contributed by atoms with Crippen LogP contribution >= 0.6 is 0 Å². The number of sulfonamides is 1. The minimum Gasteiger partial charge on any atom is -0.478 e. The standard InChI is InChI=1S/C22H28N4O6S.C2HF3O2/c1-32-14-9-23-21(27)16-25-10-12-26(13-11-25)17-7-8-20(19(15-17)22(28)29)24-33(30,31)18-5-3-2-4-6-18;3-2(4,5)1(6)7/h2-8,15,24H,9-14,16H2,1H3,(H,23,27)(H,28,29);(H,6,7). The molecule has 2 aromatic rings. The predicted octanol–water partition coefficient (Wildman–Crippen LogP) is 1.70. The van der Waals surface area contributed by atoms with E-state index < -0.39 is 28.1 Å². The summed E-state index contributed by atoms with van der Waals surface area (Å²) < 4.78 is 64.2. The molecule has 2 aromatic carbocycles. The lowest BCUT2D eigenvalue weighted by Crippen LogP contribution is -2.49. The molecule has 0 aromatic heterocycles. The lowest BCUT2D eigenvalue weighted by atomic mass is 10.1. The average Bonchev–Trinajstić information content (AvgIpc) is 2.89. The van der Waals surface area contributed by atoms with Crippen molar-refractivity contribution in [2.75, 3.05) is 62.6 Å². The van der Waals surface area contributed by atoms with E-state index in [-0.39, 0.29) is 28.6 Å². The maximum Gasteiger partial charge on any atom is 0.490 e. The van der Waals surface area contributed by atoms with Crippen LogP contribution in [0.15, 0.2) is 53.4 Å². The number of nitrogens with zero attached hydrogens (tertiary/aromatic N) is 2. The van der Waals surface area contributed by atoms with E-state index in [0.717, 1.165) is 0 Å². The number of carbonyl (C=O) groups excluding carboxylic acids is 1. The Hall–Kier alpha value is -3.89. The van der Waals surface area contributed by atoms with Crippen LogP contribution < -0.4 is 14.9 Å². The van der Waals surface area contributed by atoms with Gasteiger partial charge in [0.25, 0.3) is 10.0 Å². The number of carbonyl (C=O) groups is 3. The molecule has 1 saturated heterocycles. The highest BCUT2D eigenvalue weighted by Gasteiger charge is 2.38. The molecule has 0 unspecified atom stereocenters. The molecular formula is C24H29F3N4O8S. The van der Waals surface area contributed by atoms with Crippen LogP contribution in [0.4, 0.5) is 24.5 Å². The number of hydrogen-bond acceptors (Lipinski definition) is 8. The minimum absolute atomic E-state index is 0.00136. The van der Waals surface area contributed by atoms with Gasteiger partial charge in [-0.1, -0.05) is 18.2 Å². The molecule has 220 valence electrons. The Morgan fingerprint density at radius 3 is 2.12 bits per heavy atom. The van der Waals surface area contributed by atoms with Gasteiger partial charge in [-0.2, -0.15) is 13.2 Å². The summed E-state index contributed by atoms with van der Waals surface area (Å²) in [6.45, 7) is 3.72. The third-order valence-corrected chi connectivity index (χ3v) is 6.89. The Labute approximate surface area is 228 Å². The fourth-order valence-corrected chi connectivity index (χ4v) is 4.61. The first-order valence-corrected chi connectivity index (χ1v) is 13.2. The van der Waals surface area contributed by atoms with E-state index in [1.807, 2.05) is 9.80 Å². The van der Waals surface area contributed by atoms with Gasteiger partial charge in [0.05, 0.1) is 29.3 Å². The molecule has 0 aliphatic carbocycles. The number of benzene rings is 2. The van der Waals surface area contributed by atoms with Crippen molar-refractivity contribution in [3.05, 3.63) is 54.1 Å². The Bertz CT molecular complexity index is 1270. The SMILES string of the molecule is COCCNC(=O)CN1CCN(c2ccc(NS(=O)(=O)c3ccccc3)c(C(=O)O)c2)CC1.O=C(O)C(F)(F)F. The number of carboxylic acid groups (broad SMARTS) is 2. The van der Waals surface area contributed by atoms with Crippen molar-refractivity contribution in [2.45, 2.75) is 11.1 Å². The fourth-order valence-electron chi connectivity index (χ4n) is 3.51. The van der Waals surface area contributed by atoms with Gasteiger partial charge in [-0.05, 0) is 30.3 Å². The third-order valence-electron chi connectivity index (χ3n) is 5.51. The molecule has 1 amide bonds. The predicted molar refractivity (Wildman–Crippen MR) is 138 cm³/mol. The lowest BCUT2D eigenvalue weighted by Gasteiger charge is -2.36. The largest absolute Gasteiger partial charge is 0.490 e. The van der Waals surface area contributed by atoms with Crippen LogP contribution in [0.25, 0.3) is 0 Å². The van der Waals surface area contributed by atoms with Gasteiger partial charge in [-0.15, -0.1) is 0 Å². The van der Waals surface area contributed by atoms with Crippen molar-refractivity contribution in [3.63, 3.8) is 0 Å². The Kier molecular flexibility index (Phi) is 11.7. The van der Waals surface area contributed by atoms with Crippen LogP contribution in [-0.4, -0.2) is 101 Å². The molecule has 12 nitrogen and oxygen atoms in total. The van der Waals surface area contributed by atoms with Crippen LogP contribution in [0.5, 0.6) is 0 Å². The van der Waals surface area contributed by atoms with E-state index in [1.54, 1.807) is 31.4 Å². The van der Waals surface area contributed by atoms with Crippen molar-refractivity contribution < 1.29 is 50.9 Å². The molecule has 0 radical (unpaired) electrons. The van der Waals surface area contributed by atoms with Crippen LogP contribution in [0.1, 0.15) is 10.4 Å². The molecule has 40 heavy (non-hydrogen) atoms. The highest BCUT2D eigenvalue weighted by molar-refractivity contribution is 7.92. The van der Waals surface area contributed by atoms with E-state index >= 15 is 0 Å². The highest BCUT2D eigenvalue weighted by atomic mass is 32.2. The van der Waals surface area contributed by atoms with Crippen LogP contribution in [0, 0.1) is 0 Å². The van der Waals surface area contributed by atoms with E-state index in [4.69, 9.17) is 14.6 Å². The molecular weight excluding hydrogens is 561 g/mol. The number of methoxy groups -OCH3 is 1. The molecule has 16 heteroatoms. The summed E-state index contributed by atoms with van der Waals surface area (Å²) >= 11 is 0. The molecule has 1 aliphatic heterocycles. The van der Waals surface area contributed by atoms with Crippen LogP contribution in [-0.2, 0) is 24.3 Å². The van der Waals surface area contributed by atoms with Gasteiger partial charge in [-0.3, -0.25) is 14.4 Å². The van der Waals surface area contributed by atoms with Crippen molar-refractivity contribution in [1.82, 2.24) is 10.2 Å². The van der Waals surface area contributed by atoms with Gasteiger partial charge in [0.2, 0.25) is 5.91 Å². The maximum atomic E-state index is 12.6. The first kappa shape index (κ1) is 32.3. The van der Waals surface area contributed by atoms with Crippen molar-refractivity contribution in [3.8, 4) is 0 Å². The molecule has 0 spiro atoms. The van der Waals surface area contributed by atoms with Gasteiger partial charge in [0.1, 0.15) is 0 Å². The zero-order chi connectivity index (χ0) is 29.9. The Morgan fingerprint density at radius 2 is 1.60 bits per heavy atom. The van der Waals surface area contributed by atoms with Crippen molar-refractivity contribution in [2.24, 2.45) is 0 Å². The van der Waals surface area contributed by atoms with Crippen LogP contribution in [0.3, 0.4) is 0 Å². The summed E-state index contributed by atoms with van der Waals surface area (Å²) in [6.07, 6.45) is -5.08.